The van der Waals surface area contributed by atoms with Crippen LogP contribution < -0.4 is 15.2 Å². The normalized spacial score (nSPS) is 10.4. The number of hydrogen-bond donors (Lipinski definition) is 1. The monoisotopic (exact) mass is 279 g/mol. The minimum Gasteiger partial charge on any atom is -0.493 e. The van der Waals surface area contributed by atoms with E-state index in [9.17, 15) is 8.78 Å². The van der Waals surface area contributed by atoms with Crippen LogP contribution in [0.3, 0.4) is 0 Å². The van der Waals surface area contributed by atoms with Crippen LogP contribution >= 0.6 is 0 Å². The Hall–Kier alpha value is -2.14. The quantitative estimate of drug-likeness (QED) is 0.935. The number of methoxy groups -OCH3 is 2. The van der Waals surface area contributed by atoms with Crippen molar-refractivity contribution in [3.05, 3.63) is 47.5 Å². The summed E-state index contributed by atoms with van der Waals surface area (Å²) in [6, 6.07) is 6.70. The molecule has 2 aromatic rings. The zero-order valence-electron chi connectivity index (χ0n) is 11.2. The van der Waals surface area contributed by atoms with Crippen molar-refractivity contribution in [1.82, 2.24) is 0 Å². The summed E-state index contributed by atoms with van der Waals surface area (Å²) in [5.74, 6) is -0.284. The molecule has 0 unspecified atom stereocenters. The van der Waals surface area contributed by atoms with Gasteiger partial charge in [-0.1, -0.05) is 0 Å². The van der Waals surface area contributed by atoms with Gasteiger partial charge in [-0.3, -0.25) is 0 Å². The fraction of sp³-hybridized carbons (Fsp3) is 0.200. The molecule has 0 aliphatic heterocycles. The average Bonchev–Trinajstić information content (AvgIpc) is 2.44. The van der Waals surface area contributed by atoms with E-state index in [1.807, 2.05) is 0 Å². The molecule has 0 saturated heterocycles. The van der Waals surface area contributed by atoms with E-state index in [0.717, 1.165) is 6.07 Å². The van der Waals surface area contributed by atoms with Crippen LogP contribution in [0.15, 0.2) is 30.3 Å². The molecule has 0 radical (unpaired) electrons. The molecule has 5 heteroatoms. The van der Waals surface area contributed by atoms with E-state index in [-0.39, 0.29) is 6.54 Å². The molecule has 0 spiro atoms. The third kappa shape index (κ3) is 2.72. The van der Waals surface area contributed by atoms with Crippen LogP contribution in [0.5, 0.6) is 11.5 Å². The van der Waals surface area contributed by atoms with Gasteiger partial charge in [0.2, 0.25) is 0 Å². The van der Waals surface area contributed by atoms with E-state index in [1.165, 1.54) is 26.4 Å². The first-order chi connectivity index (χ1) is 9.58. The minimum atomic E-state index is -0.641. The molecule has 2 rings (SSSR count). The molecule has 2 N–H and O–H groups in total. The van der Waals surface area contributed by atoms with E-state index in [0.29, 0.717) is 28.2 Å². The Balaban J connectivity index is 2.65. The maximum Gasteiger partial charge on any atom is 0.161 e. The zero-order chi connectivity index (χ0) is 14.7. The Kier molecular flexibility index (Phi) is 4.20. The number of benzene rings is 2. The second kappa shape index (κ2) is 5.88. The lowest BCUT2D eigenvalue weighted by molar-refractivity contribution is 0.354. The van der Waals surface area contributed by atoms with Gasteiger partial charge in [-0.25, -0.2) is 8.78 Å². The smallest absolute Gasteiger partial charge is 0.161 e. The van der Waals surface area contributed by atoms with Crippen LogP contribution in [0.4, 0.5) is 8.78 Å². The van der Waals surface area contributed by atoms with Crippen molar-refractivity contribution in [1.29, 1.82) is 0 Å². The Morgan fingerprint density at radius 2 is 1.45 bits per heavy atom. The molecule has 0 saturated carbocycles. The number of hydrogen-bond acceptors (Lipinski definition) is 3. The molecule has 0 aliphatic carbocycles. The van der Waals surface area contributed by atoms with E-state index in [4.69, 9.17) is 15.2 Å². The summed E-state index contributed by atoms with van der Waals surface area (Å²) in [5.41, 5.74) is 7.43. The van der Waals surface area contributed by atoms with Crippen LogP contribution in [0.25, 0.3) is 11.1 Å². The summed E-state index contributed by atoms with van der Waals surface area (Å²) in [5, 5.41) is 0. The van der Waals surface area contributed by atoms with Gasteiger partial charge < -0.3 is 15.2 Å². The van der Waals surface area contributed by atoms with E-state index >= 15 is 0 Å². The Labute approximate surface area is 115 Å². The first-order valence-electron chi connectivity index (χ1n) is 6.00. The van der Waals surface area contributed by atoms with E-state index < -0.39 is 11.6 Å². The van der Waals surface area contributed by atoms with Crippen molar-refractivity contribution >= 4 is 0 Å². The fourth-order valence-electron chi connectivity index (χ4n) is 2.07. The molecule has 0 fully saturated rings. The van der Waals surface area contributed by atoms with Gasteiger partial charge in [0.25, 0.3) is 0 Å². The highest BCUT2D eigenvalue weighted by Crippen LogP contribution is 2.36. The van der Waals surface area contributed by atoms with Gasteiger partial charge in [0.15, 0.2) is 11.5 Å². The highest BCUT2D eigenvalue weighted by Gasteiger charge is 2.13. The number of ether oxygens (including phenoxy) is 2. The second-order valence-corrected chi connectivity index (χ2v) is 4.23. The highest BCUT2D eigenvalue weighted by atomic mass is 19.1. The summed E-state index contributed by atoms with van der Waals surface area (Å²) in [6.07, 6.45) is 0. The maximum absolute atomic E-state index is 13.4. The standard InChI is InChI=1S/C15H15F2NO2/c1-19-14-5-10(8-18)13(7-15(14)20-2)9-3-11(16)6-12(17)4-9/h3-7H,8,18H2,1-2H3. The van der Waals surface area contributed by atoms with Crippen molar-refractivity contribution < 1.29 is 18.3 Å². The fourth-order valence-corrected chi connectivity index (χ4v) is 2.07. The van der Waals surface area contributed by atoms with Gasteiger partial charge in [0.1, 0.15) is 11.6 Å². The highest BCUT2D eigenvalue weighted by molar-refractivity contribution is 5.71. The molecular formula is C15H15F2NO2. The average molecular weight is 279 g/mol. The van der Waals surface area contributed by atoms with Crippen molar-refractivity contribution in [2.45, 2.75) is 6.54 Å². The Bertz CT molecular complexity index is 609. The molecule has 20 heavy (non-hydrogen) atoms. The molecule has 0 atom stereocenters. The zero-order valence-corrected chi connectivity index (χ0v) is 11.2. The lowest BCUT2D eigenvalue weighted by Gasteiger charge is -2.14. The van der Waals surface area contributed by atoms with Gasteiger partial charge in [-0.05, 0) is 41.0 Å². The predicted molar refractivity (Wildman–Crippen MR) is 72.8 cm³/mol. The third-order valence-corrected chi connectivity index (χ3v) is 3.00. The van der Waals surface area contributed by atoms with Crippen molar-refractivity contribution in [2.75, 3.05) is 14.2 Å². The molecule has 0 aliphatic rings. The lowest BCUT2D eigenvalue weighted by Crippen LogP contribution is -2.02. The molecule has 0 aromatic heterocycles. The van der Waals surface area contributed by atoms with Crippen molar-refractivity contribution in [3.63, 3.8) is 0 Å². The number of nitrogens with two attached hydrogens (primary N) is 1. The van der Waals surface area contributed by atoms with Crippen LogP contribution in [0.2, 0.25) is 0 Å². The SMILES string of the molecule is COc1cc(CN)c(-c2cc(F)cc(F)c2)cc1OC. The molecular weight excluding hydrogens is 264 g/mol. The second-order valence-electron chi connectivity index (χ2n) is 4.23. The van der Waals surface area contributed by atoms with Gasteiger partial charge >= 0.3 is 0 Å². The first-order valence-corrected chi connectivity index (χ1v) is 6.00. The summed E-state index contributed by atoms with van der Waals surface area (Å²) < 4.78 is 37.1. The summed E-state index contributed by atoms with van der Waals surface area (Å²) in [4.78, 5) is 0. The minimum absolute atomic E-state index is 0.216. The lowest BCUT2D eigenvalue weighted by atomic mass is 9.98. The van der Waals surface area contributed by atoms with Crippen LogP contribution in [0, 0.1) is 11.6 Å². The van der Waals surface area contributed by atoms with Crippen LogP contribution in [0.1, 0.15) is 5.56 Å². The summed E-state index contributed by atoms with van der Waals surface area (Å²) >= 11 is 0. The predicted octanol–water partition coefficient (Wildman–Crippen LogP) is 3.11. The molecule has 3 nitrogen and oxygen atoms in total. The van der Waals surface area contributed by atoms with Gasteiger partial charge in [-0.15, -0.1) is 0 Å². The van der Waals surface area contributed by atoms with Gasteiger partial charge in [0.05, 0.1) is 14.2 Å². The molecule has 0 bridgehead atoms. The molecule has 2 aromatic carbocycles. The van der Waals surface area contributed by atoms with Gasteiger partial charge in [-0.2, -0.15) is 0 Å². The summed E-state index contributed by atoms with van der Waals surface area (Å²) in [6.45, 7) is 0.216. The third-order valence-electron chi connectivity index (χ3n) is 3.00. The van der Waals surface area contributed by atoms with E-state index in [2.05, 4.69) is 0 Å². The summed E-state index contributed by atoms with van der Waals surface area (Å²) in [7, 11) is 3.01. The molecule has 0 heterocycles. The van der Waals surface area contributed by atoms with E-state index in [1.54, 1.807) is 12.1 Å². The van der Waals surface area contributed by atoms with Gasteiger partial charge in [0, 0.05) is 12.6 Å². The van der Waals surface area contributed by atoms with Crippen LogP contribution in [-0.2, 0) is 6.54 Å². The largest absolute Gasteiger partial charge is 0.493 e. The molecule has 106 valence electrons. The van der Waals surface area contributed by atoms with Crippen molar-refractivity contribution in [3.8, 4) is 22.6 Å². The Morgan fingerprint density at radius 1 is 0.900 bits per heavy atom. The van der Waals surface area contributed by atoms with Crippen molar-refractivity contribution in [2.24, 2.45) is 5.73 Å². The topological polar surface area (TPSA) is 44.5 Å². The number of halogens is 2. The number of rotatable bonds is 4. The first kappa shape index (κ1) is 14.3. The van der Waals surface area contributed by atoms with Crippen LogP contribution in [-0.4, -0.2) is 14.2 Å². The Morgan fingerprint density at radius 3 is 1.95 bits per heavy atom. The molecule has 0 amide bonds. The maximum atomic E-state index is 13.4.